The Bertz CT molecular complexity index is 1960. The molecular weight excluding hydrogens is 726 g/mol. The molecule has 2 atom stereocenters. The number of anilines is 4. The predicted molar refractivity (Wildman–Crippen MR) is 219 cm³/mol. The van der Waals surface area contributed by atoms with E-state index in [0.717, 1.165) is 120 Å². The van der Waals surface area contributed by atoms with Gasteiger partial charge in [-0.1, -0.05) is 17.7 Å². The van der Waals surface area contributed by atoms with Crippen molar-refractivity contribution in [2.45, 2.75) is 64.0 Å². The molecule has 0 bridgehead atoms. The van der Waals surface area contributed by atoms with Crippen LogP contribution in [0.4, 0.5) is 22.9 Å². The molecule has 2 N–H and O–H groups in total. The number of rotatable bonds is 8. The van der Waals surface area contributed by atoms with E-state index in [-0.39, 0.29) is 23.1 Å². The van der Waals surface area contributed by atoms with Crippen LogP contribution in [0.15, 0.2) is 60.8 Å². The van der Waals surface area contributed by atoms with Crippen molar-refractivity contribution in [1.29, 1.82) is 5.26 Å². The van der Waals surface area contributed by atoms with Crippen LogP contribution in [0.2, 0.25) is 5.02 Å². The normalized spacial score (nSPS) is 23.3. The number of imide groups is 1. The first-order valence-electron chi connectivity index (χ1n) is 20.3. The van der Waals surface area contributed by atoms with Gasteiger partial charge in [-0.05, 0) is 105 Å². The van der Waals surface area contributed by atoms with Gasteiger partial charge in [-0.2, -0.15) is 5.26 Å². The Kier molecular flexibility index (Phi) is 11.1. The number of benzene rings is 2. The molecule has 0 saturated carbocycles. The monoisotopic (exact) mass is 777 g/mol. The number of amides is 3. The molecule has 5 aliphatic heterocycles. The number of nitriles is 1. The van der Waals surface area contributed by atoms with Crippen molar-refractivity contribution in [1.82, 2.24) is 20.1 Å². The molecular formula is C43H52ClN9O3. The van der Waals surface area contributed by atoms with Gasteiger partial charge in [-0.3, -0.25) is 24.6 Å². The van der Waals surface area contributed by atoms with Crippen LogP contribution in [0.5, 0.6) is 0 Å². The average molecular weight is 778 g/mol. The molecule has 0 unspecified atom stereocenters. The van der Waals surface area contributed by atoms with E-state index in [9.17, 15) is 19.6 Å². The Morgan fingerprint density at radius 1 is 0.946 bits per heavy atom. The summed E-state index contributed by atoms with van der Waals surface area (Å²) >= 11 is 6.38. The molecule has 8 rings (SSSR count). The number of aromatic nitrogens is 1. The Morgan fingerprint density at radius 2 is 1.73 bits per heavy atom. The molecule has 2 aromatic carbocycles. The Hall–Kier alpha value is -4.86. The molecule has 1 spiro atoms. The van der Waals surface area contributed by atoms with E-state index in [2.05, 4.69) is 55.4 Å². The van der Waals surface area contributed by atoms with E-state index in [0.29, 0.717) is 41.0 Å². The highest BCUT2D eigenvalue weighted by atomic mass is 35.5. The zero-order valence-corrected chi connectivity index (χ0v) is 33.0. The van der Waals surface area contributed by atoms with E-state index >= 15 is 0 Å². The van der Waals surface area contributed by atoms with E-state index in [1.807, 2.05) is 47.4 Å². The quantitative estimate of drug-likeness (QED) is 0.288. The summed E-state index contributed by atoms with van der Waals surface area (Å²) < 4.78 is 0. The van der Waals surface area contributed by atoms with Gasteiger partial charge in [0.2, 0.25) is 11.8 Å². The lowest BCUT2D eigenvalue weighted by Crippen LogP contribution is -2.49. The second kappa shape index (κ2) is 16.3. The number of nitrogens with one attached hydrogen (secondary N) is 2. The molecule has 0 aliphatic carbocycles. The number of nitrogens with zero attached hydrogens (tertiary/aromatic N) is 7. The first-order valence-corrected chi connectivity index (χ1v) is 20.7. The fraction of sp³-hybridized carbons (Fsp3) is 0.512. The van der Waals surface area contributed by atoms with Gasteiger partial charge in [-0.15, -0.1) is 0 Å². The van der Waals surface area contributed by atoms with Gasteiger partial charge in [-0.25, -0.2) is 4.98 Å². The molecule has 5 aliphatic rings. The minimum atomic E-state index is -0.392. The Labute approximate surface area is 334 Å². The van der Waals surface area contributed by atoms with Crippen LogP contribution in [0.1, 0.15) is 67.8 Å². The highest BCUT2D eigenvalue weighted by Crippen LogP contribution is 2.46. The third-order valence-corrected chi connectivity index (χ3v) is 13.2. The largest absolute Gasteiger partial charge is 0.374 e. The molecule has 1 aromatic heterocycles. The first-order chi connectivity index (χ1) is 27.1. The van der Waals surface area contributed by atoms with Crippen LogP contribution in [0, 0.1) is 22.7 Å². The van der Waals surface area contributed by atoms with Crippen LogP contribution >= 0.6 is 11.6 Å². The smallest absolute Gasteiger partial charge is 0.255 e. The van der Waals surface area contributed by atoms with E-state index in [1.54, 1.807) is 6.20 Å². The summed E-state index contributed by atoms with van der Waals surface area (Å²) in [6.45, 7) is 11.6. The fourth-order valence-corrected chi connectivity index (χ4v) is 9.81. The second-order valence-electron chi connectivity index (χ2n) is 16.6. The SMILES string of the molecule is C[C@@H]1CC2(CCN(c3ccc(C(=O)N4CCC(CN5CCN(c6cccc(N[C@H]7CCC(=O)NC7=O)c6)CC5)CC4)cn3)CC2)CN1c1ccc(C#N)c(Cl)c1. The summed E-state index contributed by atoms with van der Waals surface area (Å²) in [5.74, 6) is 1.12. The number of piperidine rings is 3. The molecule has 3 aromatic rings. The number of piperazine rings is 1. The minimum absolute atomic E-state index is 0.0750. The molecule has 0 radical (unpaired) electrons. The molecule has 5 saturated heterocycles. The van der Waals surface area contributed by atoms with Gasteiger partial charge in [0.15, 0.2) is 0 Å². The zero-order chi connectivity index (χ0) is 38.8. The first kappa shape index (κ1) is 38.0. The number of hydrogen-bond donors (Lipinski definition) is 2. The van der Waals surface area contributed by atoms with Crippen molar-refractivity contribution in [3.63, 3.8) is 0 Å². The van der Waals surface area contributed by atoms with E-state index in [1.165, 1.54) is 0 Å². The number of carbonyl (C=O) groups is 3. The summed E-state index contributed by atoms with van der Waals surface area (Å²) in [4.78, 5) is 53.8. The number of pyridine rings is 1. The Morgan fingerprint density at radius 3 is 2.43 bits per heavy atom. The lowest BCUT2D eigenvalue weighted by Gasteiger charge is -2.40. The minimum Gasteiger partial charge on any atom is -0.374 e. The topological polar surface area (TPSA) is 128 Å². The lowest BCUT2D eigenvalue weighted by atomic mass is 9.77. The highest BCUT2D eigenvalue weighted by Gasteiger charge is 2.44. The molecule has 12 nitrogen and oxygen atoms in total. The maximum Gasteiger partial charge on any atom is 0.255 e. The predicted octanol–water partition coefficient (Wildman–Crippen LogP) is 5.38. The standard InChI is InChI=1S/C43H52ClN9O3/c1-30-25-43(29-53(30)36-7-5-32(26-45)37(44)24-36)13-17-51(18-14-43)39-9-6-33(27-46-39)42(56)52-15-11-31(12-16-52)28-49-19-21-50(22-20-49)35-4-2-3-34(23-35)47-38-8-10-40(54)48-41(38)55/h2-7,9,23-24,27,30-31,38,47H,8,10-22,25,28-29H2,1H3,(H,48,54,55)/t30-,38+/m1/s1. The maximum atomic E-state index is 13.5. The molecule has 5 fully saturated rings. The summed E-state index contributed by atoms with van der Waals surface area (Å²) in [6, 6.07) is 20.1. The maximum absolute atomic E-state index is 13.5. The van der Waals surface area contributed by atoms with Gasteiger partial charge < -0.3 is 24.9 Å². The molecule has 6 heterocycles. The van der Waals surface area contributed by atoms with Gasteiger partial charge >= 0.3 is 0 Å². The summed E-state index contributed by atoms with van der Waals surface area (Å²) in [6.07, 6.45) is 7.96. The summed E-state index contributed by atoms with van der Waals surface area (Å²) in [7, 11) is 0. The van der Waals surface area contributed by atoms with E-state index in [4.69, 9.17) is 16.6 Å². The molecule has 294 valence electrons. The Balaban J connectivity index is 0.762. The molecule has 13 heteroatoms. The zero-order valence-electron chi connectivity index (χ0n) is 32.3. The van der Waals surface area contributed by atoms with Crippen molar-refractivity contribution >= 4 is 52.2 Å². The van der Waals surface area contributed by atoms with Crippen LogP contribution in [0.3, 0.4) is 0 Å². The third kappa shape index (κ3) is 8.30. The van der Waals surface area contributed by atoms with Crippen molar-refractivity contribution in [2.24, 2.45) is 11.3 Å². The molecule has 56 heavy (non-hydrogen) atoms. The number of halogens is 1. The van der Waals surface area contributed by atoms with Crippen LogP contribution in [0.25, 0.3) is 0 Å². The second-order valence-corrected chi connectivity index (χ2v) is 17.0. The van der Waals surface area contributed by atoms with Crippen molar-refractivity contribution in [2.75, 3.05) is 85.5 Å². The molecule has 3 amide bonds. The number of hydrogen-bond acceptors (Lipinski definition) is 10. The van der Waals surface area contributed by atoms with E-state index < -0.39 is 6.04 Å². The van der Waals surface area contributed by atoms with Crippen molar-refractivity contribution < 1.29 is 14.4 Å². The van der Waals surface area contributed by atoms with Crippen LogP contribution in [-0.4, -0.2) is 110 Å². The van der Waals surface area contributed by atoms with Crippen LogP contribution < -0.4 is 25.3 Å². The number of carbonyl (C=O) groups excluding carboxylic acids is 3. The fourth-order valence-electron chi connectivity index (χ4n) is 9.59. The van der Waals surface area contributed by atoms with Crippen molar-refractivity contribution in [3.8, 4) is 6.07 Å². The lowest BCUT2D eigenvalue weighted by molar-refractivity contribution is -0.133. The summed E-state index contributed by atoms with van der Waals surface area (Å²) in [5, 5.41) is 15.5. The highest BCUT2D eigenvalue weighted by molar-refractivity contribution is 6.32. The van der Waals surface area contributed by atoms with Crippen molar-refractivity contribution in [3.05, 3.63) is 76.9 Å². The van der Waals surface area contributed by atoms with Gasteiger partial charge in [0.25, 0.3) is 5.91 Å². The van der Waals surface area contributed by atoms with Gasteiger partial charge in [0, 0.05) is 101 Å². The van der Waals surface area contributed by atoms with Crippen LogP contribution in [-0.2, 0) is 9.59 Å². The third-order valence-electron chi connectivity index (χ3n) is 12.9. The van der Waals surface area contributed by atoms with Gasteiger partial charge in [0.05, 0.1) is 16.1 Å². The average Bonchev–Trinajstić information content (AvgIpc) is 3.54. The number of likely N-dealkylation sites (tertiary alicyclic amines) is 1. The summed E-state index contributed by atoms with van der Waals surface area (Å²) in [5.41, 5.74) is 4.54. The van der Waals surface area contributed by atoms with Gasteiger partial charge in [0.1, 0.15) is 17.9 Å².